The van der Waals surface area contributed by atoms with Crippen LogP contribution in [0.2, 0.25) is 0 Å². The standard InChI is InChI=1S/C15H20N4O2/c1-8-6-12(7-13(16-5)17-8)15(20)18-9(2)14-10(3)19-21-11(14)4/h6-7,9H,1-5H3,(H,16,17)(H,18,20). The summed E-state index contributed by atoms with van der Waals surface area (Å²) in [7, 11) is 1.77. The van der Waals surface area contributed by atoms with Crippen LogP contribution in [0.15, 0.2) is 16.7 Å². The number of carbonyl (C=O) groups is 1. The second-order valence-corrected chi connectivity index (χ2v) is 5.07. The lowest BCUT2D eigenvalue weighted by Crippen LogP contribution is -2.27. The number of amides is 1. The molecule has 6 nitrogen and oxygen atoms in total. The fourth-order valence-corrected chi connectivity index (χ4v) is 2.39. The molecule has 0 aliphatic carbocycles. The number of anilines is 1. The number of nitrogens with one attached hydrogen (secondary N) is 2. The van der Waals surface area contributed by atoms with Crippen molar-refractivity contribution in [2.24, 2.45) is 0 Å². The fraction of sp³-hybridized carbons (Fsp3) is 0.400. The number of carbonyl (C=O) groups excluding carboxylic acids is 1. The Kier molecular flexibility index (Phi) is 4.26. The lowest BCUT2D eigenvalue weighted by Gasteiger charge is -2.14. The summed E-state index contributed by atoms with van der Waals surface area (Å²) in [5, 5.41) is 9.82. The Labute approximate surface area is 123 Å². The minimum absolute atomic E-state index is 0.149. The lowest BCUT2D eigenvalue weighted by molar-refractivity contribution is 0.0939. The van der Waals surface area contributed by atoms with Gasteiger partial charge in [-0.3, -0.25) is 4.79 Å². The third-order valence-electron chi connectivity index (χ3n) is 3.34. The zero-order chi connectivity index (χ0) is 15.6. The average Bonchev–Trinajstić information content (AvgIpc) is 2.77. The summed E-state index contributed by atoms with van der Waals surface area (Å²) < 4.78 is 5.14. The summed E-state index contributed by atoms with van der Waals surface area (Å²) in [4.78, 5) is 16.7. The number of nitrogens with zero attached hydrogens (tertiary/aromatic N) is 2. The number of hydrogen-bond acceptors (Lipinski definition) is 5. The van der Waals surface area contributed by atoms with Crippen LogP contribution in [0.4, 0.5) is 5.82 Å². The van der Waals surface area contributed by atoms with Gasteiger partial charge in [-0.15, -0.1) is 0 Å². The van der Waals surface area contributed by atoms with Gasteiger partial charge in [-0.1, -0.05) is 5.16 Å². The molecule has 0 saturated heterocycles. The zero-order valence-electron chi connectivity index (χ0n) is 12.9. The Morgan fingerprint density at radius 1 is 1.29 bits per heavy atom. The maximum Gasteiger partial charge on any atom is 0.251 e. The Morgan fingerprint density at radius 2 is 2.00 bits per heavy atom. The number of hydrogen-bond donors (Lipinski definition) is 2. The lowest BCUT2D eigenvalue weighted by atomic mass is 10.1. The second-order valence-electron chi connectivity index (χ2n) is 5.07. The number of aryl methyl sites for hydroxylation is 3. The van der Waals surface area contributed by atoms with E-state index in [0.29, 0.717) is 11.4 Å². The maximum absolute atomic E-state index is 12.4. The third kappa shape index (κ3) is 3.21. The summed E-state index contributed by atoms with van der Waals surface area (Å²) >= 11 is 0. The molecular weight excluding hydrogens is 268 g/mol. The van der Waals surface area contributed by atoms with Crippen molar-refractivity contribution in [3.63, 3.8) is 0 Å². The Balaban J connectivity index is 2.20. The molecule has 0 fully saturated rings. The molecule has 2 N–H and O–H groups in total. The topological polar surface area (TPSA) is 80.0 Å². The highest BCUT2D eigenvalue weighted by atomic mass is 16.5. The van der Waals surface area contributed by atoms with Gasteiger partial charge in [0.2, 0.25) is 0 Å². The first-order chi connectivity index (χ1) is 9.92. The van der Waals surface area contributed by atoms with Crippen molar-refractivity contribution in [3.8, 4) is 0 Å². The number of aromatic nitrogens is 2. The van der Waals surface area contributed by atoms with E-state index in [1.807, 2.05) is 27.7 Å². The van der Waals surface area contributed by atoms with E-state index in [2.05, 4.69) is 20.8 Å². The van der Waals surface area contributed by atoms with Crippen LogP contribution < -0.4 is 10.6 Å². The van der Waals surface area contributed by atoms with Crippen LogP contribution in [0, 0.1) is 20.8 Å². The van der Waals surface area contributed by atoms with E-state index in [-0.39, 0.29) is 11.9 Å². The first-order valence-corrected chi connectivity index (χ1v) is 6.82. The van der Waals surface area contributed by atoms with Crippen molar-refractivity contribution in [2.75, 3.05) is 12.4 Å². The molecule has 0 aliphatic heterocycles. The monoisotopic (exact) mass is 288 g/mol. The van der Waals surface area contributed by atoms with E-state index in [4.69, 9.17) is 4.52 Å². The van der Waals surface area contributed by atoms with E-state index in [9.17, 15) is 4.79 Å². The largest absolute Gasteiger partial charge is 0.373 e. The molecule has 1 amide bonds. The molecule has 6 heteroatoms. The van der Waals surface area contributed by atoms with E-state index >= 15 is 0 Å². The highest BCUT2D eigenvalue weighted by molar-refractivity contribution is 5.95. The van der Waals surface area contributed by atoms with Crippen LogP contribution in [0.1, 0.15) is 46.0 Å². The molecule has 0 spiro atoms. The molecule has 2 aromatic rings. The predicted octanol–water partition coefficient (Wildman–Crippen LogP) is 2.53. The highest BCUT2D eigenvalue weighted by Crippen LogP contribution is 2.21. The SMILES string of the molecule is CNc1cc(C(=O)NC(C)c2c(C)noc2C)cc(C)n1. The molecule has 0 aromatic carbocycles. The molecule has 2 rings (SSSR count). The third-order valence-corrected chi connectivity index (χ3v) is 3.34. The summed E-state index contributed by atoms with van der Waals surface area (Å²) in [6.45, 7) is 7.48. The van der Waals surface area contributed by atoms with Gasteiger partial charge in [0.25, 0.3) is 5.91 Å². The van der Waals surface area contributed by atoms with Crippen molar-refractivity contribution >= 4 is 11.7 Å². The Bertz CT molecular complexity index is 644. The average molecular weight is 288 g/mol. The van der Waals surface area contributed by atoms with Crippen molar-refractivity contribution in [1.29, 1.82) is 0 Å². The normalized spacial score (nSPS) is 12.0. The van der Waals surface area contributed by atoms with Gasteiger partial charge in [-0.25, -0.2) is 4.98 Å². The molecule has 0 radical (unpaired) electrons. The molecule has 2 aromatic heterocycles. The van der Waals surface area contributed by atoms with Gasteiger partial charge in [-0.05, 0) is 39.8 Å². The first-order valence-electron chi connectivity index (χ1n) is 6.82. The van der Waals surface area contributed by atoms with E-state index in [1.54, 1.807) is 19.2 Å². The Morgan fingerprint density at radius 3 is 2.57 bits per heavy atom. The van der Waals surface area contributed by atoms with Crippen molar-refractivity contribution in [1.82, 2.24) is 15.5 Å². The van der Waals surface area contributed by atoms with E-state index in [1.165, 1.54) is 0 Å². The van der Waals surface area contributed by atoms with Crippen LogP contribution in [0.5, 0.6) is 0 Å². The van der Waals surface area contributed by atoms with Gasteiger partial charge in [0.15, 0.2) is 0 Å². The van der Waals surface area contributed by atoms with E-state index < -0.39 is 0 Å². The maximum atomic E-state index is 12.4. The number of pyridine rings is 1. The summed E-state index contributed by atoms with van der Waals surface area (Å²) in [6, 6.07) is 3.31. The highest BCUT2D eigenvalue weighted by Gasteiger charge is 2.19. The molecule has 1 unspecified atom stereocenters. The molecule has 0 saturated carbocycles. The number of rotatable bonds is 4. The zero-order valence-corrected chi connectivity index (χ0v) is 12.9. The summed E-state index contributed by atoms with van der Waals surface area (Å²) in [5.41, 5.74) is 3.08. The van der Waals surface area contributed by atoms with Gasteiger partial charge >= 0.3 is 0 Å². The van der Waals surface area contributed by atoms with Gasteiger partial charge < -0.3 is 15.2 Å². The van der Waals surface area contributed by atoms with Crippen LogP contribution in [-0.2, 0) is 0 Å². The fourth-order valence-electron chi connectivity index (χ4n) is 2.39. The summed E-state index contributed by atoms with van der Waals surface area (Å²) in [5.74, 6) is 1.25. The van der Waals surface area contributed by atoms with Crippen molar-refractivity contribution in [2.45, 2.75) is 33.7 Å². The van der Waals surface area contributed by atoms with Crippen LogP contribution in [-0.4, -0.2) is 23.1 Å². The molecule has 0 bridgehead atoms. The van der Waals surface area contributed by atoms with Gasteiger partial charge in [0.05, 0.1) is 11.7 Å². The molecule has 112 valence electrons. The first kappa shape index (κ1) is 15.0. The van der Waals surface area contributed by atoms with Gasteiger partial charge in [-0.2, -0.15) is 0 Å². The molecule has 2 heterocycles. The van der Waals surface area contributed by atoms with Crippen LogP contribution in [0.3, 0.4) is 0 Å². The van der Waals surface area contributed by atoms with Crippen LogP contribution in [0.25, 0.3) is 0 Å². The smallest absolute Gasteiger partial charge is 0.251 e. The predicted molar refractivity (Wildman–Crippen MR) is 80.4 cm³/mol. The van der Waals surface area contributed by atoms with Crippen molar-refractivity contribution in [3.05, 3.63) is 40.4 Å². The van der Waals surface area contributed by atoms with Gasteiger partial charge in [0.1, 0.15) is 11.6 Å². The second kappa shape index (κ2) is 5.95. The Hall–Kier alpha value is -2.37. The molecule has 0 aliphatic rings. The van der Waals surface area contributed by atoms with Crippen molar-refractivity contribution < 1.29 is 9.32 Å². The molecule has 1 atom stereocenters. The van der Waals surface area contributed by atoms with Crippen LogP contribution >= 0.6 is 0 Å². The molecule has 21 heavy (non-hydrogen) atoms. The minimum atomic E-state index is -0.171. The summed E-state index contributed by atoms with van der Waals surface area (Å²) in [6.07, 6.45) is 0. The molecular formula is C15H20N4O2. The van der Waals surface area contributed by atoms with E-state index in [0.717, 1.165) is 22.7 Å². The van der Waals surface area contributed by atoms with Gasteiger partial charge in [0, 0.05) is 23.9 Å². The quantitative estimate of drug-likeness (QED) is 0.903. The minimum Gasteiger partial charge on any atom is -0.373 e.